The first-order valence-electron chi connectivity index (χ1n) is 5.51. The van der Waals surface area contributed by atoms with Crippen LogP contribution in [0.25, 0.3) is 0 Å². The topological polar surface area (TPSA) is 125 Å². The highest BCUT2D eigenvalue weighted by atomic mass is 16.5. The zero-order chi connectivity index (χ0) is 14.0. The molecule has 8 heteroatoms. The normalized spacial score (nSPS) is 11.8. The third kappa shape index (κ3) is 8.48. The third-order valence-corrected chi connectivity index (χ3v) is 1.94. The lowest BCUT2D eigenvalue weighted by Crippen LogP contribution is -2.42. The number of carboxylic acid groups (broad SMARTS) is 2. The molecule has 0 aliphatic rings. The van der Waals surface area contributed by atoms with Gasteiger partial charge in [0.2, 0.25) is 0 Å². The van der Waals surface area contributed by atoms with Crippen molar-refractivity contribution in [2.24, 2.45) is 0 Å². The first kappa shape index (κ1) is 16.3. The summed E-state index contributed by atoms with van der Waals surface area (Å²) in [5.41, 5.74) is 0. The number of rotatable bonds is 10. The van der Waals surface area contributed by atoms with E-state index in [4.69, 9.17) is 10.2 Å². The maximum absolute atomic E-state index is 11.1. The van der Waals surface area contributed by atoms with Crippen LogP contribution < -0.4 is 10.6 Å². The van der Waals surface area contributed by atoms with Crippen molar-refractivity contribution < 1.29 is 29.3 Å². The monoisotopic (exact) mass is 262 g/mol. The zero-order valence-electron chi connectivity index (χ0n) is 10.1. The average molecular weight is 262 g/mol. The molecule has 0 aromatic carbocycles. The van der Waals surface area contributed by atoms with E-state index >= 15 is 0 Å². The summed E-state index contributed by atoms with van der Waals surface area (Å²) >= 11 is 0. The molecule has 0 aliphatic heterocycles. The highest BCUT2D eigenvalue weighted by Crippen LogP contribution is 1.95. The maximum atomic E-state index is 11.1. The number of hydrogen-bond acceptors (Lipinski definition) is 6. The van der Waals surface area contributed by atoms with E-state index in [9.17, 15) is 14.4 Å². The van der Waals surface area contributed by atoms with Gasteiger partial charge in [0, 0.05) is 13.1 Å². The van der Waals surface area contributed by atoms with Crippen molar-refractivity contribution in [3.8, 4) is 0 Å². The van der Waals surface area contributed by atoms with Gasteiger partial charge < -0.3 is 25.6 Å². The van der Waals surface area contributed by atoms with E-state index < -0.39 is 23.9 Å². The highest BCUT2D eigenvalue weighted by Gasteiger charge is 2.20. The first-order valence-corrected chi connectivity index (χ1v) is 5.51. The van der Waals surface area contributed by atoms with Crippen LogP contribution >= 0.6 is 0 Å². The number of carboxylic acids is 2. The molecule has 18 heavy (non-hydrogen) atoms. The first-order chi connectivity index (χ1) is 8.47. The average Bonchev–Trinajstić information content (AvgIpc) is 2.26. The summed E-state index contributed by atoms with van der Waals surface area (Å²) in [5.74, 6) is -2.73. The molecule has 0 fully saturated rings. The van der Waals surface area contributed by atoms with E-state index in [2.05, 4.69) is 15.4 Å². The van der Waals surface area contributed by atoms with Gasteiger partial charge in [0.1, 0.15) is 6.04 Å². The lowest BCUT2D eigenvalue weighted by atomic mass is 10.2. The Morgan fingerprint density at radius 1 is 1.22 bits per heavy atom. The number of aliphatic carboxylic acids is 2. The number of carbonyl (C=O) groups excluding carboxylic acids is 1. The van der Waals surface area contributed by atoms with E-state index in [-0.39, 0.29) is 26.1 Å². The molecule has 0 amide bonds. The van der Waals surface area contributed by atoms with Crippen LogP contribution in [0.5, 0.6) is 0 Å². The highest BCUT2D eigenvalue weighted by molar-refractivity contribution is 5.81. The van der Waals surface area contributed by atoms with Crippen LogP contribution in [-0.4, -0.2) is 60.4 Å². The molecule has 0 spiro atoms. The Bertz CT molecular complexity index is 294. The van der Waals surface area contributed by atoms with Crippen molar-refractivity contribution >= 4 is 17.9 Å². The predicted molar refractivity (Wildman–Crippen MR) is 61.2 cm³/mol. The molecule has 0 aromatic rings. The van der Waals surface area contributed by atoms with Gasteiger partial charge in [-0.3, -0.25) is 14.4 Å². The van der Waals surface area contributed by atoms with Crippen molar-refractivity contribution in [3.05, 3.63) is 0 Å². The maximum Gasteiger partial charge on any atom is 0.321 e. The van der Waals surface area contributed by atoms with E-state index in [0.717, 1.165) is 0 Å². The molecule has 0 rings (SSSR count). The lowest BCUT2D eigenvalue weighted by molar-refractivity contribution is -0.149. The number of esters is 1. The molecule has 1 unspecified atom stereocenters. The molecule has 4 N–H and O–H groups in total. The smallest absolute Gasteiger partial charge is 0.321 e. The lowest BCUT2D eigenvalue weighted by Gasteiger charge is -2.13. The summed E-state index contributed by atoms with van der Waals surface area (Å²) in [7, 11) is 0. The van der Waals surface area contributed by atoms with Crippen molar-refractivity contribution in [2.75, 3.05) is 26.2 Å². The second kappa shape index (κ2) is 9.37. The fraction of sp³-hybridized carbons (Fsp3) is 0.700. The van der Waals surface area contributed by atoms with Gasteiger partial charge in [-0.2, -0.15) is 0 Å². The van der Waals surface area contributed by atoms with E-state index in [0.29, 0.717) is 6.54 Å². The number of carbonyl (C=O) groups is 3. The van der Waals surface area contributed by atoms with Crippen LogP contribution in [0.2, 0.25) is 0 Å². The molecule has 0 bridgehead atoms. The fourth-order valence-corrected chi connectivity index (χ4v) is 1.16. The Morgan fingerprint density at radius 2 is 1.89 bits per heavy atom. The Hall–Kier alpha value is -1.67. The Kier molecular flexibility index (Phi) is 8.50. The molecule has 0 radical (unpaired) electrons. The van der Waals surface area contributed by atoms with Gasteiger partial charge in [0.25, 0.3) is 0 Å². The summed E-state index contributed by atoms with van der Waals surface area (Å²) < 4.78 is 4.65. The predicted octanol–water partition coefficient (Wildman–Crippen LogP) is -1.34. The van der Waals surface area contributed by atoms with E-state index in [1.807, 2.05) is 0 Å². The number of ether oxygens (including phenoxy) is 1. The molecule has 0 saturated heterocycles. The molecular formula is C10H18N2O6. The third-order valence-electron chi connectivity index (χ3n) is 1.94. The van der Waals surface area contributed by atoms with Crippen molar-refractivity contribution in [2.45, 2.75) is 19.4 Å². The minimum absolute atomic E-state index is 0.197. The molecule has 0 aromatic heterocycles. The quantitative estimate of drug-likeness (QED) is 0.281. The second-order valence-electron chi connectivity index (χ2n) is 3.42. The van der Waals surface area contributed by atoms with Crippen LogP contribution in [0.1, 0.15) is 13.3 Å². The SMILES string of the molecule is CCOC(=O)CC(NCCNCC(=O)O)C(=O)O. The van der Waals surface area contributed by atoms with Gasteiger partial charge in [0.05, 0.1) is 19.6 Å². The number of nitrogens with one attached hydrogen (secondary N) is 2. The molecule has 1 atom stereocenters. The minimum atomic E-state index is -1.15. The molecule has 104 valence electrons. The van der Waals surface area contributed by atoms with Crippen LogP contribution in [0.15, 0.2) is 0 Å². The molecule has 8 nitrogen and oxygen atoms in total. The van der Waals surface area contributed by atoms with E-state index in [1.54, 1.807) is 6.92 Å². The second-order valence-corrected chi connectivity index (χ2v) is 3.42. The van der Waals surface area contributed by atoms with Crippen LogP contribution in [0, 0.1) is 0 Å². The molecule has 0 saturated carbocycles. The van der Waals surface area contributed by atoms with Crippen molar-refractivity contribution in [1.29, 1.82) is 0 Å². The number of hydrogen-bond donors (Lipinski definition) is 4. The van der Waals surface area contributed by atoms with E-state index in [1.165, 1.54) is 0 Å². The van der Waals surface area contributed by atoms with Gasteiger partial charge >= 0.3 is 17.9 Å². The largest absolute Gasteiger partial charge is 0.480 e. The molecule has 0 heterocycles. The van der Waals surface area contributed by atoms with Crippen LogP contribution in [0.4, 0.5) is 0 Å². The summed E-state index contributed by atoms with van der Waals surface area (Å²) in [6.07, 6.45) is -0.262. The summed E-state index contributed by atoms with van der Waals surface area (Å²) in [5, 5.41) is 22.4. The Morgan fingerprint density at radius 3 is 2.39 bits per heavy atom. The van der Waals surface area contributed by atoms with Gasteiger partial charge in [-0.25, -0.2) is 0 Å². The van der Waals surface area contributed by atoms with Crippen LogP contribution in [-0.2, 0) is 19.1 Å². The fourth-order valence-electron chi connectivity index (χ4n) is 1.16. The molecular weight excluding hydrogens is 244 g/mol. The Labute approximate surface area is 104 Å². The zero-order valence-corrected chi connectivity index (χ0v) is 10.1. The van der Waals surface area contributed by atoms with Gasteiger partial charge in [-0.1, -0.05) is 0 Å². The summed E-state index contributed by atoms with van der Waals surface area (Å²) in [4.78, 5) is 32.1. The van der Waals surface area contributed by atoms with Crippen molar-refractivity contribution in [3.63, 3.8) is 0 Å². The van der Waals surface area contributed by atoms with Gasteiger partial charge in [-0.05, 0) is 6.92 Å². The summed E-state index contributed by atoms with van der Waals surface area (Å²) in [6.45, 7) is 2.17. The summed E-state index contributed by atoms with van der Waals surface area (Å²) in [6, 6.07) is -1.03. The van der Waals surface area contributed by atoms with Gasteiger partial charge in [0.15, 0.2) is 0 Å². The van der Waals surface area contributed by atoms with Gasteiger partial charge in [-0.15, -0.1) is 0 Å². The standard InChI is InChI=1S/C10H18N2O6/c1-2-18-9(15)5-7(10(16)17)12-4-3-11-6-8(13)14/h7,11-12H,2-6H2,1H3,(H,13,14)(H,16,17). The van der Waals surface area contributed by atoms with Crippen molar-refractivity contribution in [1.82, 2.24) is 10.6 Å². The van der Waals surface area contributed by atoms with Crippen LogP contribution in [0.3, 0.4) is 0 Å². The minimum Gasteiger partial charge on any atom is -0.480 e. The Balaban J connectivity index is 3.87. The molecule has 0 aliphatic carbocycles.